The third kappa shape index (κ3) is 3.31. The van der Waals surface area contributed by atoms with Gasteiger partial charge in [0.1, 0.15) is 5.75 Å². The molecule has 0 spiro atoms. The predicted molar refractivity (Wildman–Crippen MR) is 68.4 cm³/mol. The molecule has 0 saturated carbocycles. The van der Waals surface area contributed by atoms with Crippen LogP contribution in [-0.2, 0) is 0 Å². The molecule has 4 heteroatoms. The topological polar surface area (TPSA) is 46.5 Å². The van der Waals surface area contributed by atoms with Crippen LogP contribution in [0, 0.1) is 0 Å². The van der Waals surface area contributed by atoms with E-state index in [2.05, 4.69) is 15.5 Å². The zero-order valence-electron chi connectivity index (χ0n) is 9.50. The minimum Gasteiger partial charge on any atom is -0.497 e. The molecular weight excluding hydrogens is 214 g/mol. The van der Waals surface area contributed by atoms with Crippen LogP contribution in [0.25, 0.3) is 0 Å². The molecule has 17 heavy (non-hydrogen) atoms. The van der Waals surface area contributed by atoms with Crippen molar-refractivity contribution in [1.82, 2.24) is 4.98 Å². The summed E-state index contributed by atoms with van der Waals surface area (Å²) in [6.45, 7) is 0. The van der Waals surface area contributed by atoms with Crippen LogP contribution in [0.5, 0.6) is 5.75 Å². The summed E-state index contributed by atoms with van der Waals surface area (Å²) >= 11 is 0. The molecule has 86 valence electrons. The molecule has 0 unspecified atom stereocenters. The fourth-order valence-corrected chi connectivity index (χ4v) is 1.30. The maximum atomic E-state index is 5.07. The lowest BCUT2D eigenvalue weighted by Crippen LogP contribution is -1.91. The molecule has 4 nitrogen and oxygen atoms in total. The zero-order valence-corrected chi connectivity index (χ0v) is 9.50. The third-order valence-corrected chi connectivity index (χ3v) is 2.18. The third-order valence-electron chi connectivity index (χ3n) is 2.18. The molecule has 2 aromatic rings. The molecule has 1 aromatic carbocycles. The Morgan fingerprint density at radius 2 is 2.06 bits per heavy atom. The van der Waals surface area contributed by atoms with Gasteiger partial charge in [0.15, 0.2) is 0 Å². The summed E-state index contributed by atoms with van der Waals surface area (Å²) in [7, 11) is 1.64. The van der Waals surface area contributed by atoms with E-state index in [-0.39, 0.29) is 0 Å². The molecule has 1 N–H and O–H groups in total. The maximum absolute atomic E-state index is 5.07. The molecule has 0 amide bonds. The van der Waals surface area contributed by atoms with Gasteiger partial charge in [-0.3, -0.25) is 10.4 Å². The highest BCUT2D eigenvalue weighted by molar-refractivity contribution is 5.79. The number of hydrazone groups is 1. The molecule has 0 saturated heterocycles. The molecule has 0 aliphatic carbocycles. The molecule has 0 bridgehead atoms. The van der Waals surface area contributed by atoms with Gasteiger partial charge < -0.3 is 4.74 Å². The highest BCUT2D eigenvalue weighted by Crippen LogP contribution is 2.14. The predicted octanol–water partition coefficient (Wildman–Crippen LogP) is 2.54. The molecule has 1 heterocycles. The van der Waals surface area contributed by atoms with Crippen LogP contribution >= 0.6 is 0 Å². The van der Waals surface area contributed by atoms with Gasteiger partial charge in [-0.25, -0.2) is 0 Å². The highest BCUT2D eigenvalue weighted by Gasteiger charge is 1.91. The number of pyridine rings is 1. The highest BCUT2D eigenvalue weighted by atomic mass is 16.5. The quantitative estimate of drug-likeness (QED) is 0.645. The Hall–Kier alpha value is -2.36. The first-order valence-electron chi connectivity index (χ1n) is 5.21. The first-order chi connectivity index (χ1) is 8.38. The van der Waals surface area contributed by atoms with Crippen molar-refractivity contribution in [1.29, 1.82) is 0 Å². The number of rotatable bonds is 4. The standard InChI is InChI=1S/C13H13N3O/c1-17-13-6-4-12(5-7-13)16-15-10-11-3-2-8-14-9-11/h2-10,16H,1H3/b15-10+. The summed E-state index contributed by atoms with van der Waals surface area (Å²) in [5, 5.41) is 4.11. The Balaban J connectivity index is 1.95. The van der Waals surface area contributed by atoms with Gasteiger partial charge in [-0.15, -0.1) is 0 Å². The Labute approximate surface area is 100.0 Å². The molecule has 0 atom stereocenters. The Kier molecular flexibility index (Phi) is 3.70. The summed E-state index contributed by atoms with van der Waals surface area (Å²) in [5.41, 5.74) is 4.79. The Bertz CT molecular complexity index is 480. The van der Waals surface area contributed by atoms with Gasteiger partial charge in [0.05, 0.1) is 19.0 Å². The monoisotopic (exact) mass is 227 g/mol. The van der Waals surface area contributed by atoms with Crippen LogP contribution in [0.1, 0.15) is 5.56 Å². The maximum Gasteiger partial charge on any atom is 0.119 e. The molecule has 0 fully saturated rings. The van der Waals surface area contributed by atoms with Gasteiger partial charge in [0, 0.05) is 18.0 Å². The van der Waals surface area contributed by atoms with Gasteiger partial charge in [-0.1, -0.05) is 6.07 Å². The summed E-state index contributed by atoms with van der Waals surface area (Å²) in [6, 6.07) is 11.4. The average molecular weight is 227 g/mol. The van der Waals surface area contributed by atoms with Gasteiger partial charge >= 0.3 is 0 Å². The van der Waals surface area contributed by atoms with Crippen molar-refractivity contribution in [2.45, 2.75) is 0 Å². The zero-order chi connectivity index (χ0) is 11.9. The number of ether oxygens (including phenoxy) is 1. The van der Waals surface area contributed by atoms with Gasteiger partial charge in [-0.05, 0) is 30.3 Å². The minimum atomic E-state index is 0.826. The van der Waals surface area contributed by atoms with Crippen molar-refractivity contribution in [3.8, 4) is 5.75 Å². The number of hydrogen-bond acceptors (Lipinski definition) is 4. The largest absolute Gasteiger partial charge is 0.497 e. The van der Waals surface area contributed by atoms with Crippen LogP contribution in [0.4, 0.5) is 5.69 Å². The molecule has 2 rings (SSSR count). The van der Waals surface area contributed by atoms with Crippen molar-refractivity contribution < 1.29 is 4.74 Å². The number of aromatic nitrogens is 1. The van der Waals surface area contributed by atoms with E-state index in [1.807, 2.05) is 36.4 Å². The molecule has 0 radical (unpaired) electrons. The van der Waals surface area contributed by atoms with Crippen LogP contribution in [0.15, 0.2) is 53.9 Å². The molecule has 0 aliphatic rings. The van der Waals surface area contributed by atoms with Crippen LogP contribution in [0.2, 0.25) is 0 Å². The summed E-state index contributed by atoms with van der Waals surface area (Å²) < 4.78 is 5.07. The van der Waals surface area contributed by atoms with E-state index in [0.717, 1.165) is 17.0 Å². The second kappa shape index (κ2) is 5.65. The number of methoxy groups -OCH3 is 1. The van der Waals surface area contributed by atoms with E-state index in [4.69, 9.17) is 4.74 Å². The lowest BCUT2D eigenvalue weighted by Gasteiger charge is -2.02. The lowest BCUT2D eigenvalue weighted by atomic mass is 10.3. The first kappa shape index (κ1) is 11.1. The number of nitrogens with zero attached hydrogens (tertiary/aromatic N) is 2. The summed E-state index contributed by atoms with van der Waals surface area (Å²) in [6.07, 6.45) is 5.20. The Morgan fingerprint density at radius 3 is 2.71 bits per heavy atom. The fourth-order valence-electron chi connectivity index (χ4n) is 1.30. The van der Waals surface area contributed by atoms with Crippen LogP contribution < -0.4 is 10.2 Å². The number of anilines is 1. The van der Waals surface area contributed by atoms with Gasteiger partial charge in [-0.2, -0.15) is 5.10 Å². The minimum absolute atomic E-state index is 0.826. The average Bonchev–Trinajstić information content (AvgIpc) is 2.41. The van der Waals surface area contributed by atoms with E-state index in [9.17, 15) is 0 Å². The van der Waals surface area contributed by atoms with Crippen molar-refractivity contribution in [2.24, 2.45) is 5.10 Å². The van der Waals surface area contributed by atoms with Gasteiger partial charge in [0.25, 0.3) is 0 Å². The Morgan fingerprint density at radius 1 is 1.24 bits per heavy atom. The molecule has 0 aliphatic heterocycles. The number of benzene rings is 1. The lowest BCUT2D eigenvalue weighted by molar-refractivity contribution is 0.415. The van der Waals surface area contributed by atoms with E-state index < -0.39 is 0 Å². The second-order valence-corrected chi connectivity index (χ2v) is 3.38. The second-order valence-electron chi connectivity index (χ2n) is 3.38. The molecule has 1 aromatic heterocycles. The van der Waals surface area contributed by atoms with E-state index >= 15 is 0 Å². The summed E-state index contributed by atoms with van der Waals surface area (Å²) in [4.78, 5) is 4.00. The van der Waals surface area contributed by atoms with E-state index in [1.165, 1.54) is 0 Å². The SMILES string of the molecule is COc1ccc(N/N=C/c2cccnc2)cc1. The summed E-state index contributed by atoms with van der Waals surface area (Å²) in [5.74, 6) is 0.826. The number of hydrogen-bond donors (Lipinski definition) is 1. The van der Waals surface area contributed by atoms with Crippen LogP contribution in [0.3, 0.4) is 0 Å². The van der Waals surface area contributed by atoms with E-state index in [1.54, 1.807) is 25.7 Å². The fraction of sp³-hybridized carbons (Fsp3) is 0.0769. The van der Waals surface area contributed by atoms with Crippen molar-refractivity contribution >= 4 is 11.9 Å². The molecular formula is C13H13N3O. The van der Waals surface area contributed by atoms with E-state index in [0.29, 0.717) is 0 Å². The van der Waals surface area contributed by atoms with Gasteiger partial charge in [0.2, 0.25) is 0 Å². The van der Waals surface area contributed by atoms with Crippen molar-refractivity contribution in [3.63, 3.8) is 0 Å². The smallest absolute Gasteiger partial charge is 0.119 e. The van der Waals surface area contributed by atoms with Crippen molar-refractivity contribution in [3.05, 3.63) is 54.4 Å². The van der Waals surface area contributed by atoms with Crippen LogP contribution in [-0.4, -0.2) is 18.3 Å². The normalized spacial score (nSPS) is 10.4. The van der Waals surface area contributed by atoms with Crippen molar-refractivity contribution in [2.75, 3.05) is 12.5 Å². The first-order valence-corrected chi connectivity index (χ1v) is 5.21. The number of nitrogens with one attached hydrogen (secondary N) is 1.